The van der Waals surface area contributed by atoms with Gasteiger partial charge in [-0.2, -0.15) is 13.2 Å². The number of pyridine rings is 1. The number of rotatable bonds is 2. The Labute approximate surface area is 145 Å². The topological polar surface area (TPSA) is 48.5 Å². The van der Waals surface area contributed by atoms with Gasteiger partial charge in [0.25, 0.3) is 0 Å². The highest BCUT2D eigenvalue weighted by Crippen LogP contribution is 2.28. The molecular weight excluding hydrogens is 333 g/mol. The van der Waals surface area contributed by atoms with Gasteiger partial charge in [-0.25, -0.2) is 9.78 Å². The van der Waals surface area contributed by atoms with Crippen LogP contribution < -0.4 is 5.32 Å². The number of nitrogens with zero attached hydrogens (tertiary/aromatic N) is 3. The first kappa shape index (κ1) is 18.0. The Morgan fingerprint density at radius 2 is 1.76 bits per heavy atom. The van der Waals surface area contributed by atoms with E-state index in [2.05, 4.69) is 15.2 Å². The Hall–Kier alpha value is -1.83. The lowest BCUT2D eigenvalue weighted by Gasteiger charge is -2.40. The van der Waals surface area contributed by atoms with Crippen molar-refractivity contribution in [2.75, 3.05) is 31.5 Å². The number of carbonyl (C=O) groups is 1. The van der Waals surface area contributed by atoms with Gasteiger partial charge >= 0.3 is 12.2 Å². The van der Waals surface area contributed by atoms with Crippen LogP contribution in [0, 0.1) is 0 Å². The lowest BCUT2D eigenvalue weighted by Crippen LogP contribution is -2.53. The van der Waals surface area contributed by atoms with E-state index >= 15 is 0 Å². The summed E-state index contributed by atoms with van der Waals surface area (Å²) in [5, 5.41) is 2.62. The molecule has 2 heterocycles. The highest BCUT2D eigenvalue weighted by atomic mass is 19.4. The van der Waals surface area contributed by atoms with Crippen LogP contribution in [0.1, 0.15) is 37.8 Å². The zero-order chi connectivity index (χ0) is 17.9. The molecule has 1 saturated heterocycles. The first-order valence-electron chi connectivity index (χ1n) is 8.77. The van der Waals surface area contributed by atoms with E-state index in [1.165, 1.54) is 38.2 Å². The van der Waals surface area contributed by atoms with Crippen molar-refractivity contribution in [1.29, 1.82) is 0 Å². The average Bonchev–Trinajstić information content (AvgIpc) is 2.62. The lowest BCUT2D eigenvalue weighted by molar-refractivity contribution is -0.141. The molecule has 3 rings (SSSR count). The first-order chi connectivity index (χ1) is 11.9. The maximum Gasteiger partial charge on any atom is 0.433 e. The minimum absolute atomic E-state index is 0.271. The number of urea groups is 1. The summed E-state index contributed by atoms with van der Waals surface area (Å²) in [6.07, 6.45) is 2.93. The van der Waals surface area contributed by atoms with Crippen molar-refractivity contribution in [3.05, 3.63) is 24.0 Å². The Kier molecular flexibility index (Phi) is 5.46. The van der Waals surface area contributed by atoms with Gasteiger partial charge in [0.2, 0.25) is 0 Å². The Bertz CT molecular complexity index is 577. The molecule has 1 saturated carbocycles. The quantitative estimate of drug-likeness (QED) is 0.881. The fourth-order valence-corrected chi connectivity index (χ4v) is 3.57. The molecule has 0 radical (unpaired) electrons. The van der Waals surface area contributed by atoms with Crippen molar-refractivity contribution >= 4 is 11.7 Å². The highest BCUT2D eigenvalue weighted by molar-refractivity contribution is 5.89. The van der Waals surface area contributed by atoms with Crippen LogP contribution in [0.4, 0.5) is 23.7 Å². The van der Waals surface area contributed by atoms with Crippen LogP contribution >= 0.6 is 0 Å². The van der Waals surface area contributed by atoms with Gasteiger partial charge < -0.3 is 10.2 Å². The Balaban J connectivity index is 1.49. The second-order valence-corrected chi connectivity index (χ2v) is 6.67. The van der Waals surface area contributed by atoms with Crippen molar-refractivity contribution in [3.8, 4) is 0 Å². The number of hydrogen-bond donors (Lipinski definition) is 1. The largest absolute Gasteiger partial charge is 0.433 e. The fraction of sp³-hybridized carbons (Fsp3) is 0.647. The van der Waals surface area contributed by atoms with E-state index in [1.807, 2.05) is 0 Å². The Morgan fingerprint density at radius 1 is 1.08 bits per heavy atom. The van der Waals surface area contributed by atoms with Crippen LogP contribution in [0.3, 0.4) is 0 Å². The fourth-order valence-electron chi connectivity index (χ4n) is 3.57. The van der Waals surface area contributed by atoms with Crippen LogP contribution in [-0.4, -0.2) is 53.0 Å². The lowest BCUT2D eigenvalue weighted by atomic mass is 9.94. The third kappa shape index (κ3) is 4.62. The van der Waals surface area contributed by atoms with E-state index in [9.17, 15) is 18.0 Å². The van der Waals surface area contributed by atoms with Crippen molar-refractivity contribution in [1.82, 2.24) is 14.8 Å². The SMILES string of the molecule is O=C(Nc1ccc(C(F)(F)F)nc1)N1CCN(C2CCCCC2)CC1. The molecule has 0 spiro atoms. The smallest absolute Gasteiger partial charge is 0.322 e. The molecule has 8 heteroatoms. The van der Waals surface area contributed by atoms with Gasteiger partial charge in [-0.15, -0.1) is 0 Å². The summed E-state index contributed by atoms with van der Waals surface area (Å²) in [5.74, 6) is 0. The molecule has 2 aliphatic rings. The summed E-state index contributed by atoms with van der Waals surface area (Å²) < 4.78 is 37.5. The predicted octanol–water partition coefficient (Wildman–Crippen LogP) is 3.58. The molecule has 1 aliphatic heterocycles. The maximum atomic E-state index is 12.5. The number of aromatic nitrogens is 1. The van der Waals surface area contributed by atoms with Crippen LogP contribution in [-0.2, 0) is 6.18 Å². The highest BCUT2D eigenvalue weighted by Gasteiger charge is 2.32. The van der Waals surface area contributed by atoms with E-state index in [-0.39, 0.29) is 11.7 Å². The molecule has 25 heavy (non-hydrogen) atoms. The van der Waals surface area contributed by atoms with Crippen LogP contribution in [0.5, 0.6) is 0 Å². The number of nitrogens with one attached hydrogen (secondary N) is 1. The maximum absolute atomic E-state index is 12.5. The molecule has 138 valence electrons. The molecule has 0 unspecified atom stereocenters. The van der Waals surface area contributed by atoms with Crippen molar-refractivity contribution in [3.63, 3.8) is 0 Å². The molecule has 2 amide bonds. The van der Waals surface area contributed by atoms with Crippen LogP contribution in [0.15, 0.2) is 18.3 Å². The second-order valence-electron chi connectivity index (χ2n) is 6.67. The van der Waals surface area contributed by atoms with Gasteiger partial charge in [0, 0.05) is 32.2 Å². The number of carbonyl (C=O) groups excluding carboxylic acids is 1. The van der Waals surface area contributed by atoms with E-state index in [0.717, 1.165) is 25.4 Å². The van der Waals surface area contributed by atoms with Crippen molar-refractivity contribution in [2.24, 2.45) is 0 Å². The third-order valence-electron chi connectivity index (χ3n) is 5.00. The summed E-state index contributed by atoms with van der Waals surface area (Å²) in [5.41, 5.74) is -0.695. The van der Waals surface area contributed by atoms with E-state index in [0.29, 0.717) is 19.1 Å². The summed E-state index contributed by atoms with van der Waals surface area (Å²) >= 11 is 0. The number of anilines is 1. The summed E-state index contributed by atoms with van der Waals surface area (Å²) in [4.78, 5) is 19.8. The molecule has 1 N–H and O–H groups in total. The number of piperazine rings is 1. The van der Waals surface area contributed by atoms with Gasteiger partial charge in [-0.1, -0.05) is 19.3 Å². The van der Waals surface area contributed by atoms with Gasteiger partial charge in [0.15, 0.2) is 0 Å². The normalized spacial score (nSPS) is 20.5. The van der Waals surface area contributed by atoms with Gasteiger partial charge in [0.05, 0.1) is 11.9 Å². The summed E-state index contributed by atoms with van der Waals surface area (Å²) in [6.45, 7) is 2.97. The minimum atomic E-state index is -4.47. The molecular formula is C17H23F3N4O. The molecule has 1 aromatic heterocycles. The second kappa shape index (κ2) is 7.59. The number of hydrogen-bond acceptors (Lipinski definition) is 3. The molecule has 0 bridgehead atoms. The van der Waals surface area contributed by atoms with Crippen molar-refractivity contribution in [2.45, 2.75) is 44.3 Å². The zero-order valence-corrected chi connectivity index (χ0v) is 14.1. The van der Waals surface area contributed by atoms with E-state index < -0.39 is 11.9 Å². The molecule has 1 aliphatic carbocycles. The zero-order valence-electron chi connectivity index (χ0n) is 14.1. The molecule has 0 aromatic carbocycles. The van der Waals surface area contributed by atoms with Crippen LogP contribution in [0.25, 0.3) is 0 Å². The van der Waals surface area contributed by atoms with Gasteiger partial charge in [-0.3, -0.25) is 4.90 Å². The monoisotopic (exact) mass is 356 g/mol. The summed E-state index contributed by atoms with van der Waals surface area (Å²) in [6, 6.07) is 2.45. The van der Waals surface area contributed by atoms with E-state index in [1.54, 1.807) is 4.90 Å². The van der Waals surface area contributed by atoms with Gasteiger partial charge in [-0.05, 0) is 25.0 Å². The summed E-state index contributed by atoms with van der Waals surface area (Å²) in [7, 11) is 0. The standard InChI is InChI=1S/C17H23F3N4O/c18-17(19,20)15-7-6-13(12-21-15)22-16(25)24-10-8-23(9-11-24)14-4-2-1-3-5-14/h6-7,12,14H,1-5,8-11H2,(H,22,25). The number of alkyl halides is 3. The molecule has 1 aromatic rings. The van der Waals surface area contributed by atoms with E-state index in [4.69, 9.17) is 0 Å². The van der Waals surface area contributed by atoms with Crippen molar-refractivity contribution < 1.29 is 18.0 Å². The first-order valence-corrected chi connectivity index (χ1v) is 8.77. The molecule has 0 atom stereocenters. The molecule has 5 nitrogen and oxygen atoms in total. The minimum Gasteiger partial charge on any atom is -0.322 e. The number of halogens is 3. The predicted molar refractivity (Wildman–Crippen MR) is 88.3 cm³/mol. The van der Waals surface area contributed by atoms with Gasteiger partial charge in [0.1, 0.15) is 5.69 Å². The Morgan fingerprint density at radius 3 is 2.32 bits per heavy atom. The average molecular weight is 356 g/mol. The number of amides is 2. The third-order valence-corrected chi connectivity index (χ3v) is 5.00. The van der Waals surface area contributed by atoms with Crippen LogP contribution in [0.2, 0.25) is 0 Å². The molecule has 2 fully saturated rings.